The average Bonchev–Trinajstić information content (AvgIpc) is 2.21. The summed E-state index contributed by atoms with van der Waals surface area (Å²) in [5, 5.41) is 8.68. The number of hydrogen-bond donors (Lipinski definition) is 2. The lowest BCUT2D eigenvalue weighted by Crippen LogP contribution is -2.47. The van der Waals surface area contributed by atoms with Gasteiger partial charge in [0.1, 0.15) is 0 Å². The number of primary amides is 1. The number of anilines is 1. The second-order valence-corrected chi connectivity index (χ2v) is 4.73. The molecule has 0 spiro atoms. The molecule has 1 amide bonds. The van der Waals surface area contributed by atoms with Crippen LogP contribution in [0.15, 0.2) is 18.2 Å². The number of rotatable bonds is 4. The number of carboxylic acid groups (broad SMARTS) is 1. The van der Waals surface area contributed by atoms with Crippen LogP contribution in [0.5, 0.6) is 0 Å². The Morgan fingerprint density at radius 3 is 2.61 bits per heavy atom. The van der Waals surface area contributed by atoms with Gasteiger partial charge in [0.15, 0.2) is 0 Å². The summed E-state index contributed by atoms with van der Waals surface area (Å²) in [6, 6.07) is 5.48. The predicted octanol–water partition coefficient (Wildman–Crippen LogP) is 1.00. The Hall–Kier alpha value is -2.04. The molecule has 0 bridgehead atoms. The van der Waals surface area contributed by atoms with E-state index in [0.29, 0.717) is 5.56 Å². The highest BCUT2D eigenvalue weighted by atomic mass is 16.4. The molecule has 0 aliphatic carbocycles. The van der Waals surface area contributed by atoms with Crippen molar-refractivity contribution in [3.05, 3.63) is 29.3 Å². The molecular weight excluding hydrogens is 232 g/mol. The lowest BCUT2D eigenvalue weighted by atomic mass is 9.95. The maximum absolute atomic E-state index is 11.1. The van der Waals surface area contributed by atoms with Crippen molar-refractivity contribution in [3.8, 4) is 0 Å². The summed E-state index contributed by atoms with van der Waals surface area (Å²) >= 11 is 0. The van der Waals surface area contributed by atoms with Gasteiger partial charge >= 0.3 is 5.97 Å². The molecule has 5 heteroatoms. The number of nitrogens with two attached hydrogens (primary N) is 1. The fourth-order valence-corrected chi connectivity index (χ4v) is 2.28. The van der Waals surface area contributed by atoms with Gasteiger partial charge in [-0.25, -0.2) is 0 Å². The van der Waals surface area contributed by atoms with E-state index in [0.717, 1.165) is 24.3 Å². The third kappa shape index (κ3) is 2.45. The molecule has 0 unspecified atom stereocenters. The van der Waals surface area contributed by atoms with Crippen molar-refractivity contribution in [2.45, 2.75) is 13.3 Å². The average molecular weight is 248 g/mol. The number of nitrogens with zero attached hydrogens (tertiary/aromatic N) is 1. The van der Waals surface area contributed by atoms with E-state index < -0.39 is 11.9 Å². The number of amides is 1. The molecule has 1 aliphatic rings. The van der Waals surface area contributed by atoms with Crippen LogP contribution in [0, 0.1) is 12.8 Å². The summed E-state index contributed by atoms with van der Waals surface area (Å²) in [6.45, 7) is 3.35. The van der Waals surface area contributed by atoms with E-state index >= 15 is 0 Å². The maximum atomic E-state index is 11.1. The van der Waals surface area contributed by atoms with Crippen LogP contribution in [0.4, 0.5) is 5.69 Å². The van der Waals surface area contributed by atoms with Crippen LogP contribution >= 0.6 is 0 Å². The molecule has 1 fully saturated rings. The van der Waals surface area contributed by atoms with E-state index in [1.165, 1.54) is 0 Å². The normalized spacial score (nSPS) is 15.3. The molecule has 1 aliphatic heterocycles. The lowest BCUT2D eigenvalue weighted by Gasteiger charge is -2.40. The molecule has 1 aromatic rings. The van der Waals surface area contributed by atoms with E-state index in [1.54, 1.807) is 6.07 Å². The van der Waals surface area contributed by atoms with Gasteiger partial charge in [-0.3, -0.25) is 9.59 Å². The summed E-state index contributed by atoms with van der Waals surface area (Å²) < 4.78 is 0. The van der Waals surface area contributed by atoms with Crippen LogP contribution in [0.25, 0.3) is 0 Å². The van der Waals surface area contributed by atoms with Gasteiger partial charge in [-0.2, -0.15) is 0 Å². The smallest absolute Gasteiger partial charge is 0.303 e. The number of aryl methyl sites for hydroxylation is 1. The summed E-state index contributed by atoms with van der Waals surface area (Å²) in [4.78, 5) is 23.8. The number of hydrogen-bond acceptors (Lipinski definition) is 3. The van der Waals surface area contributed by atoms with Crippen LogP contribution in [0.2, 0.25) is 0 Å². The topological polar surface area (TPSA) is 83.6 Å². The molecule has 1 heterocycles. The summed E-state index contributed by atoms with van der Waals surface area (Å²) in [5.41, 5.74) is 7.64. The Kier molecular flexibility index (Phi) is 3.23. The highest BCUT2D eigenvalue weighted by molar-refractivity contribution is 5.94. The van der Waals surface area contributed by atoms with E-state index in [9.17, 15) is 9.59 Å². The maximum Gasteiger partial charge on any atom is 0.303 e. The third-order valence-corrected chi connectivity index (χ3v) is 3.26. The van der Waals surface area contributed by atoms with Gasteiger partial charge < -0.3 is 15.7 Å². The van der Waals surface area contributed by atoms with Crippen molar-refractivity contribution in [2.75, 3.05) is 18.0 Å². The molecule has 3 N–H and O–H groups in total. The Labute approximate surface area is 105 Å². The predicted molar refractivity (Wildman–Crippen MR) is 67.7 cm³/mol. The number of carbonyl (C=O) groups is 2. The fourth-order valence-electron chi connectivity index (χ4n) is 2.28. The van der Waals surface area contributed by atoms with Crippen LogP contribution < -0.4 is 10.6 Å². The Balaban J connectivity index is 2.02. The first-order valence-corrected chi connectivity index (χ1v) is 5.84. The van der Waals surface area contributed by atoms with Crippen molar-refractivity contribution in [1.82, 2.24) is 0 Å². The second-order valence-electron chi connectivity index (χ2n) is 4.73. The Morgan fingerprint density at radius 2 is 2.11 bits per heavy atom. The molecular formula is C13H16N2O3. The SMILES string of the molecule is Cc1cc(N2CC(CC(=O)O)C2)ccc1C(N)=O. The van der Waals surface area contributed by atoms with E-state index in [2.05, 4.69) is 4.90 Å². The van der Waals surface area contributed by atoms with Crippen molar-refractivity contribution in [2.24, 2.45) is 11.7 Å². The minimum absolute atomic E-state index is 0.217. The fraction of sp³-hybridized carbons (Fsp3) is 0.385. The number of benzene rings is 1. The van der Waals surface area contributed by atoms with Crippen molar-refractivity contribution >= 4 is 17.6 Å². The van der Waals surface area contributed by atoms with Gasteiger partial charge in [0.05, 0.1) is 6.42 Å². The van der Waals surface area contributed by atoms with Gasteiger partial charge in [-0.05, 0) is 30.7 Å². The molecule has 1 aromatic carbocycles. The van der Waals surface area contributed by atoms with Crippen LogP contribution in [0.3, 0.4) is 0 Å². The number of carboxylic acids is 1. The second kappa shape index (κ2) is 4.68. The first kappa shape index (κ1) is 12.4. The van der Waals surface area contributed by atoms with Crippen molar-refractivity contribution < 1.29 is 14.7 Å². The lowest BCUT2D eigenvalue weighted by molar-refractivity contribution is -0.138. The Morgan fingerprint density at radius 1 is 1.44 bits per heavy atom. The third-order valence-electron chi connectivity index (χ3n) is 3.26. The van der Waals surface area contributed by atoms with E-state index in [1.807, 2.05) is 19.1 Å². The van der Waals surface area contributed by atoms with E-state index in [4.69, 9.17) is 10.8 Å². The monoisotopic (exact) mass is 248 g/mol. The van der Waals surface area contributed by atoms with Crippen molar-refractivity contribution in [3.63, 3.8) is 0 Å². The molecule has 18 heavy (non-hydrogen) atoms. The van der Waals surface area contributed by atoms with E-state index in [-0.39, 0.29) is 12.3 Å². The molecule has 2 rings (SSSR count). The molecule has 0 saturated carbocycles. The van der Waals surface area contributed by atoms with Gasteiger partial charge in [0, 0.05) is 30.3 Å². The summed E-state index contributed by atoms with van der Waals surface area (Å²) in [7, 11) is 0. The largest absolute Gasteiger partial charge is 0.481 e. The minimum atomic E-state index is -0.750. The van der Waals surface area contributed by atoms with Gasteiger partial charge in [0.25, 0.3) is 0 Å². The standard InChI is InChI=1S/C13H16N2O3/c1-8-4-10(2-3-11(8)13(14)18)15-6-9(7-15)5-12(16)17/h2-4,9H,5-7H2,1H3,(H2,14,18)(H,16,17). The number of aliphatic carboxylic acids is 1. The zero-order valence-electron chi connectivity index (χ0n) is 10.2. The summed E-state index contributed by atoms with van der Waals surface area (Å²) in [5.74, 6) is -0.954. The van der Waals surface area contributed by atoms with Gasteiger partial charge in [-0.1, -0.05) is 0 Å². The first-order chi connectivity index (χ1) is 8.47. The number of carbonyl (C=O) groups excluding carboxylic acids is 1. The molecule has 96 valence electrons. The molecule has 5 nitrogen and oxygen atoms in total. The van der Waals surface area contributed by atoms with Crippen LogP contribution in [0.1, 0.15) is 22.3 Å². The van der Waals surface area contributed by atoms with Crippen LogP contribution in [-0.4, -0.2) is 30.1 Å². The summed E-state index contributed by atoms with van der Waals surface area (Å²) in [6.07, 6.45) is 0.217. The highest BCUT2D eigenvalue weighted by Crippen LogP contribution is 2.28. The van der Waals surface area contributed by atoms with Gasteiger partial charge in [-0.15, -0.1) is 0 Å². The zero-order chi connectivity index (χ0) is 13.3. The molecule has 0 atom stereocenters. The van der Waals surface area contributed by atoms with Gasteiger partial charge in [0.2, 0.25) is 5.91 Å². The molecule has 0 aromatic heterocycles. The molecule has 0 radical (unpaired) electrons. The molecule has 1 saturated heterocycles. The minimum Gasteiger partial charge on any atom is -0.481 e. The van der Waals surface area contributed by atoms with Crippen molar-refractivity contribution in [1.29, 1.82) is 0 Å². The zero-order valence-corrected chi connectivity index (χ0v) is 10.2. The quantitative estimate of drug-likeness (QED) is 0.832. The highest BCUT2D eigenvalue weighted by Gasteiger charge is 2.28. The Bertz CT molecular complexity index is 493. The van der Waals surface area contributed by atoms with Crippen LogP contribution in [-0.2, 0) is 4.79 Å². The first-order valence-electron chi connectivity index (χ1n) is 5.84.